The first kappa shape index (κ1) is 16.5. The average Bonchev–Trinajstić information content (AvgIpc) is 3.03. The molecular weight excluding hydrogens is 324 g/mol. The Morgan fingerprint density at radius 2 is 1.62 bits per heavy atom. The van der Waals surface area contributed by atoms with Crippen molar-refractivity contribution >= 4 is 11.6 Å². The second kappa shape index (κ2) is 6.65. The van der Waals surface area contributed by atoms with E-state index in [1.54, 1.807) is 24.3 Å². The molecule has 0 N–H and O–H groups in total. The van der Waals surface area contributed by atoms with Crippen molar-refractivity contribution in [1.82, 2.24) is 10.2 Å². The molecule has 0 amide bonds. The lowest BCUT2D eigenvalue weighted by Gasteiger charge is -2.18. The SMILES string of the molecule is CC(C)(C)c1ccc(-c2nnc(COc3ccc(Cl)cc3)o2)cc1. The van der Waals surface area contributed by atoms with Crippen LogP contribution in [0.15, 0.2) is 52.9 Å². The maximum atomic E-state index is 5.84. The first-order chi connectivity index (χ1) is 11.4. The van der Waals surface area contributed by atoms with Gasteiger partial charge in [0, 0.05) is 10.6 Å². The fraction of sp³-hybridized carbons (Fsp3) is 0.263. The van der Waals surface area contributed by atoms with Crippen LogP contribution in [-0.2, 0) is 12.0 Å². The molecule has 5 heteroatoms. The van der Waals surface area contributed by atoms with Crippen LogP contribution in [0.1, 0.15) is 32.2 Å². The van der Waals surface area contributed by atoms with Crippen molar-refractivity contribution in [3.05, 3.63) is 65.0 Å². The van der Waals surface area contributed by atoms with Crippen LogP contribution in [0, 0.1) is 0 Å². The van der Waals surface area contributed by atoms with Gasteiger partial charge in [0.15, 0.2) is 6.61 Å². The molecule has 0 aliphatic heterocycles. The topological polar surface area (TPSA) is 48.2 Å². The fourth-order valence-electron chi connectivity index (χ4n) is 2.22. The smallest absolute Gasteiger partial charge is 0.254 e. The fourth-order valence-corrected chi connectivity index (χ4v) is 2.34. The molecule has 3 aromatic rings. The Balaban J connectivity index is 1.68. The summed E-state index contributed by atoms with van der Waals surface area (Å²) < 4.78 is 11.3. The van der Waals surface area contributed by atoms with Gasteiger partial charge in [-0.25, -0.2) is 0 Å². The Bertz CT molecular complexity index is 803. The standard InChI is InChI=1S/C19H19ClN2O2/c1-19(2,3)14-6-4-13(5-7-14)18-22-21-17(24-18)12-23-16-10-8-15(20)9-11-16/h4-11H,12H2,1-3H3. The summed E-state index contributed by atoms with van der Waals surface area (Å²) in [5.74, 6) is 1.62. The first-order valence-corrected chi connectivity index (χ1v) is 8.11. The van der Waals surface area contributed by atoms with Gasteiger partial charge in [0.1, 0.15) is 5.75 Å². The zero-order chi connectivity index (χ0) is 17.2. The lowest BCUT2D eigenvalue weighted by Crippen LogP contribution is -2.10. The van der Waals surface area contributed by atoms with Gasteiger partial charge < -0.3 is 9.15 Å². The molecule has 1 aromatic heterocycles. The largest absolute Gasteiger partial charge is 0.484 e. The van der Waals surface area contributed by atoms with Gasteiger partial charge in [-0.05, 0) is 47.4 Å². The van der Waals surface area contributed by atoms with Crippen LogP contribution in [0.3, 0.4) is 0 Å². The highest BCUT2D eigenvalue weighted by atomic mass is 35.5. The van der Waals surface area contributed by atoms with E-state index in [0.717, 1.165) is 5.56 Å². The lowest BCUT2D eigenvalue weighted by molar-refractivity contribution is 0.264. The van der Waals surface area contributed by atoms with Crippen LogP contribution in [0.4, 0.5) is 0 Å². The van der Waals surface area contributed by atoms with Gasteiger partial charge in [-0.15, -0.1) is 10.2 Å². The average molecular weight is 343 g/mol. The van der Waals surface area contributed by atoms with Gasteiger partial charge in [0.25, 0.3) is 5.89 Å². The molecule has 0 aliphatic carbocycles. The number of aromatic nitrogens is 2. The highest BCUT2D eigenvalue weighted by Gasteiger charge is 2.14. The number of nitrogens with zero attached hydrogens (tertiary/aromatic N) is 2. The molecule has 0 spiro atoms. The van der Waals surface area contributed by atoms with E-state index in [-0.39, 0.29) is 12.0 Å². The van der Waals surface area contributed by atoms with E-state index in [4.69, 9.17) is 20.8 Å². The summed E-state index contributed by atoms with van der Waals surface area (Å²) in [6.07, 6.45) is 0. The predicted octanol–water partition coefficient (Wildman–Crippen LogP) is 5.27. The van der Waals surface area contributed by atoms with Crippen molar-refractivity contribution in [3.63, 3.8) is 0 Å². The van der Waals surface area contributed by atoms with E-state index in [1.807, 2.05) is 12.1 Å². The number of hydrogen-bond donors (Lipinski definition) is 0. The molecule has 4 nitrogen and oxygen atoms in total. The predicted molar refractivity (Wildman–Crippen MR) is 94.2 cm³/mol. The number of halogens is 1. The molecular formula is C19H19ClN2O2. The van der Waals surface area contributed by atoms with Gasteiger partial charge in [0.2, 0.25) is 5.89 Å². The van der Waals surface area contributed by atoms with Crippen molar-refractivity contribution in [2.24, 2.45) is 0 Å². The van der Waals surface area contributed by atoms with Gasteiger partial charge >= 0.3 is 0 Å². The van der Waals surface area contributed by atoms with Crippen LogP contribution in [-0.4, -0.2) is 10.2 Å². The first-order valence-electron chi connectivity index (χ1n) is 7.73. The summed E-state index contributed by atoms with van der Waals surface area (Å²) in [6, 6.07) is 15.3. The molecule has 1 heterocycles. The summed E-state index contributed by atoms with van der Waals surface area (Å²) in [6.45, 7) is 6.76. The Morgan fingerprint density at radius 1 is 0.958 bits per heavy atom. The van der Waals surface area contributed by atoms with Crippen molar-refractivity contribution in [3.8, 4) is 17.2 Å². The van der Waals surface area contributed by atoms with Crippen molar-refractivity contribution in [2.45, 2.75) is 32.8 Å². The minimum absolute atomic E-state index is 0.116. The molecule has 0 saturated carbocycles. The third-order valence-corrected chi connectivity index (χ3v) is 3.89. The molecule has 0 atom stereocenters. The maximum Gasteiger partial charge on any atom is 0.254 e. The summed E-state index contributed by atoms with van der Waals surface area (Å²) in [4.78, 5) is 0. The quantitative estimate of drug-likeness (QED) is 0.648. The van der Waals surface area contributed by atoms with Gasteiger partial charge in [0.05, 0.1) is 0 Å². The van der Waals surface area contributed by atoms with Crippen molar-refractivity contribution in [2.75, 3.05) is 0 Å². The number of benzene rings is 2. The molecule has 124 valence electrons. The number of rotatable bonds is 4. The van der Waals surface area contributed by atoms with E-state index in [0.29, 0.717) is 22.6 Å². The van der Waals surface area contributed by atoms with E-state index < -0.39 is 0 Å². The molecule has 0 bridgehead atoms. The van der Waals surface area contributed by atoms with E-state index in [9.17, 15) is 0 Å². The summed E-state index contributed by atoms with van der Waals surface area (Å²) >= 11 is 5.84. The molecule has 0 radical (unpaired) electrons. The Hall–Kier alpha value is -2.33. The van der Waals surface area contributed by atoms with Gasteiger partial charge in [-0.3, -0.25) is 0 Å². The third kappa shape index (κ3) is 3.95. The summed E-state index contributed by atoms with van der Waals surface area (Å²) in [7, 11) is 0. The Kier molecular flexibility index (Phi) is 4.58. The van der Waals surface area contributed by atoms with Crippen molar-refractivity contribution < 1.29 is 9.15 Å². The summed E-state index contributed by atoms with van der Waals surface area (Å²) in [5, 5.41) is 8.78. The molecule has 2 aromatic carbocycles. The minimum Gasteiger partial charge on any atom is -0.484 e. The van der Waals surface area contributed by atoms with E-state index in [2.05, 4.69) is 43.1 Å². The molecule has 0 saturated heterocycles. The second-order valence-electron chi connectivity index (χ2n) is 6.57. The highest BCUT2D eigenvalue weighted by molar-refractivity contribution is 6.30. The molecule has 24 heavy (non-hydrogen) atoms. The van der Waals surface area contributed by atoms with Crippen LogP contribution in [0.2, 0.25) is 5.02 Å². The third-order valence-electron chi connectivity index (χ3n) is 3.64. The van der Waals surface area contributed by atoms with Crippen LogP contribution >= 0.6 is 11.6 Å². The van der Waals surface area contributed by atoms with Gasteiger partial charge in [-0.1, -0.05) is 44.5 Å². The van der Waals surface area contributed by atoms with E-state index in [1.165, 1.54) is 5.56 Å². The normalized spacial score (nSPS) is 11.5. The zero-order valence-corrected chi connectivity index (χ0v) is 14.7. The number of ether oxygens (including phenoxy) is 1. The van der Waals surface area contributed by atoms with Crippen LogP contribution in [0.5, 0.6) is 5.75 Å². The monoisotopic (exact) mass is 342 g/mol. The summed E-state index contributed by atoms with van der Waals surface area (Å²) in [5.41, 5.74) is 2.27. The van der Waals surface area contributed by atoms with Crippen molar-refractivity contribution in [1.29, 1.82) is 0 Å². The number of hydrogen-bond acceptors (Lipinski definition) is 4. The zero-order valence-electron chi connectivity index (χ0n) is 13.9. The Morgan fingerprint density at radius 3 is 2.25 bits per heavy atom. The molecule has 3 rings (SSSR count). The van der Waals surface area contributed by atoms with Gasteiger partial charge in [-0.2, -0.15) is 0 Å². The van der Waals surface area contributed by atoms with E-state index >= 15 is 0 Å². The molecule has 0 aliphatic rings. The second-order valence-corrected chi connectivity index (χ2v) is 7.01. The highest BCUT2D eigenvalue weighted by Crippen LogP contribution is 2.25. The molecule has 0 unspecified atom stereocenters. The Labute approximate surface area is 146 Å². The van der Waals surface area contributed by atoms with Crippen LogP contribution in [0.25, 0.3) is 11.5 Å². The molecule has 0 fully saturated rings. The minimum atomic E-state index is 0.116. The maximum absolute atomic E-state index is 5.84. The lowest BCUT2D eigenvalue weighted by atomic mass is 9.87. The van der Waals surface area contributed by atoms with Crippen LogP contribution < -0.4 is 4.74 Å².